The van der Waals surface area contributed by atoms with Crippen LogP contribution in [0.3, 0.4) is 0 Å². The Bertz CT molecular complexity index is 1260. The number of hydrogen-bond donors (Lipinski definition) is 0. The lowest BCUT2D eigenvalue weighted by molar-refractivity contribution is -0.145. The second-order valence-electron chi connectivity index (χ2n) is 6.66. The maximum Gasteiger partial charge on any atom is 0.309 e. The van der Waals surface area contributed by atoms with Gasteiger partial charge in [0.2, 0.25) is 5.78 Å². The van der Waals surface area contributed by atoms with Crippen LogP contribution in [-0.2, 0) is 23.2 Å². The molecule has 2 heterocycles. The number of nitrogens with zero attached hydrogens (tertiary/aromatic N) is 4. The fraction of sp³-hybridized carbons (Fsp3) is 0.238. The van der Waals surface area contributed by atoms with E-state index >= 15 is 0 Å². The summed E-state index contributed by atoms with van der Waals surface area (Å²) in [6.07, 6.45) is 0.115. The Morgan fingerprint density at radius 1 is 1.07 bits per heavy atom. The number of carbonyl (C=O) groups is 1. The first kappa shape index (κ1) is 18.7. The Kier molecular flexibility index (Phi) is 4.99. The van der Waals surface area contributed by atoms with Crippen molar-refractivity contribution in [3.05, 3.63) is 70.3 Å². The van der Waals surface area contributed by atoms with Crippen LogP contribution < -0.4 is 10.3 Å². The zero-order chi connectivity index (χ0) is 20.4. The van der Waals surface area contributed by atoms with Crippen LogP contribution in [0.25, 0.3) is 16.7 Å². The molecule has 0 spiro atoms. The molecule has 0 fully saturated rings. The van der Waals surface area contributed by atoms with E-state index < -0.39 is 5.97 Å². The number of rotatable bonds is 6. The summed E-state index contributed by atoms with van der Waals surface area (Å²) < 4.78 is 14.1. The number of para-hydroxylation sites is 2. The minimum Gasteiger partial charge on any atom is -0.493 e. The van der Waals surface area contributed by atoms with Crippen molar-refractivity contribution < 1.29 is 14.3 Å². The molecule has 0 amide bonds. The number of aryl methyl sites for hydroxylation is 2. The average Bonchev–Trinajstić information content (AvgIpc) is 3.16. The van der Waals surface area contributed by atoms with Gasteiger partial charge in [0.25, 0.3) is 5.56 Å². The van der Waals surface area contributed by atoms with Gasteiger partial charge in [-0.2, -0.15) is 0 Å². The van der Waals surface area contributed by atoms with Gasteiger partial charge in [0.05, 0.1) is 23.9 Å². The molecule has 2 aromatic carbocycles. The molecule has 0 saturated carbocycles. The summed E-state index contributed by atoms with van der Waals surface area (Å²) in [6, 6.07) is 14.8. The summed E-state index contributed by atoms with van der Waals surface area (Å²) in [5.74, 6) is 1.18. The number of carbonyl (C=O) groups excluding carboxylic acids is 1. The summed E-state index contributed by atoms with van der Waals surface area (Å²) >= 11 is 0. The number of esters is 1. The fourth-order valence-corrected chi connectivity index (χ4v) is 3.17. The van der Waals surface area contributed by atoms with E-state index in [1.165, 1.54) is 4.57 Å². The van der Waals surface area contributed by atoms with Crippen molar-refractivity contribution in [3.8, 4) is 5.75 Å². The Labute approximate surface area is 166 Å². The smallest absolute Gasteiger partial charge is 0.309 e. The maximum absolute atomic E-state index is 12.5. The van der Waals surface area contributed by atoms with Gasteiger partial charge in [0.1, 0.15) is 5.75 Å². The monoisotopic (exact) mass is 392 g/mol. The molecule has 8 heteroatoms. The van der Waals surface area contributed by atoms with E-state index in [4.69, 9.17) is 9.47 Å². The Balaban J connectivity index is 1.47. The van der Waals surface area contributed by atoms with Gasteiger partial charge in [-0.05, 0) is 30.7 Å². The molecular formula is C21H20N4O4. The highest BCUT2D eigenvalue weighted by Crippen LogP contribution is 2.17. The maximum atomic E-state index is 12.5. The predicted molar refractivity (Wildman–Crippen MR) is 107 cm³/mol. The zero-order valence-corrected chi connectivity index (χ0v) is 16.2. The lowest BCUT2D eigenvalue weighted by Crippen LogP contribution is -2.20. The van der Waals surface area contributed by atoms with E-state index in [1.54, 1.807) is 23.6 Å². The molecule has 0 unspecified atom stereocenters. The van der Waals surface area contributed by atoms with E-state index in [-0.39, 0.29) is 25.2 Å². The number of benzene rings is 2. The molecule has 148 valence electrons. The Morgan fingerprint density at radius 3 is 2.66 bits per heavy atom. The van der Waals surface area contributed by atoms with E-state index in [2.05, 4.69) is 10.2 Å². The molecule has 0 aliphatic carbocycles. The van der Waals surface area contributed by atoms with Crippen LogP contribution in [0.4, 0.5) is 0 Å². The third-order valence-corrected chi connectivity index (χ3v) is 4.71. The van der Waals surface area contributed by atoms with Crippen LogP contribution in [0.15, 0.2) is 53.3 Å². The second-order valence-corrected chi connectivity index (χ2v) is 6.66. The molecule has 0 aliphatic rings. The quantitative estimate of drug-likeness (QED) is 0.468. The Morgan fingerprint density at radius 2 is 1.83 bits per heavy atom. The molecule has 0 N–H and O–H groups in total. The minimum atomic E-state index is -0.399. The average molecular weight is 392 g/mol. The third-order valence-electron chi connectivity index (χ3n) is 4.71. The molecule has 8 nitrogen and oxygen atoms in total. The lowest BCUT2D eigenvalue weighted by Gasteiger charge is -2.09. The van der Waals surface area contributed by atoms with Crippen LogP contribution in [0.1, 0.15) is 17.8 Å². The molecule has 29 heavy (non-hydrogen) atoms. The highest BCUT2D eigenvalue weighted by molar-refractivity contribution is 5.80. The van der Waals surface area contributed by atoms with Gasteiger partial charge in [-0.1, -0.05) is 30.3 Å². The molecule has 0 aliphatic heterocycles. The zero-order valence-electron chi connectivity index (χ0n) is 16.2. The van der Waals surface area contributed by atoms with E-state index in [0.29, 0.717) is 22.5 Å². The predicted octanol–water partition coefficient (Wildman–Crippen LogP) is 2.40. The van der Waals surface area contributed by atoms with Gasteiger partial charge < -0.3 is 9.47 Å². The molecule has 2 aromatic heterocycles. The normalized spacial score (nSPS) is 11.1. The van der Waals surface area contributed by atoms with Gasteiger partial charge in [0, 0.05) is 7.05 Å². The minimum absolute atomic E-state index is 0.0490. The third kappa shape index (κ3) is 3.56. The van der Waals surface area contributed by atoms with Crippen molar-refractivity contribution in [2.75, 3.05) is 6.61 Å². The molecule has 4 rings (SSSR count). The fourth-order valence-electron chi connectivity index (χ4n) is 3.17. The molecule has 0 atom stereocenters. The van der Waals surface area contributed by atoms with E-state index in [1.807, 2.05) is 43.3 Å². The van der Waals surface area contributed by atoms with Gasteiger partial charge >= 0.3 is 5.97 Å². The highest BCUT2D eigenvalue weighted by Gasteiger charge is 2.15. The Hall–Kier alpha value is -3.68. The number of hydrogen-bond acceptors (Lipinski definition) is 6. The largest absolute Gasteiger partial charge is 0.493 e. The summed E-state index contributed by atoms with van der Waals surface area (Å²) in [5, 5.41) is 8.73. The lowest BCUT2D eigenvalue weighted by atomic mass is 10.2. The van der Waals surface area contributed by atoms with Gasteiger partial charge in [-0.3, -0.25) is 18.6 Å². The first-order valence-electron chi connectivity index (χ1n) is 9.22. The van der Waals surface area contributed by atoms with Gasteiger partial charge in [-0.15, -0.1) is 10.2 Å². The van der Waals surface area contributed by atoms with Crippen molar-refractivity contribution in [1.82, 2.24) is 19.2 Å². The first-order chi connectivity index (χ1) is 14.1. The van der Waals surface area contributed by atoms with Crippen molar-refractivity contribution in [2.45, 2.75) is 20.0 Å². The number of fused-ring (bicyclic) bond motifs is 3. The first-order valence-corrected chi connectivity index (χ1v) is 9.22. The molecule has 0 bridgehead atoms. The van der Waals surface area contributed by atoms with Crippen molar-refractivity contribution in [1.29, 1.82) is 0 Å². The number of ether oxygens (including phenoxy) is 2. The second kappa shape index (κ2) is 7.75. The molecule has 0 radical (unpaired) electrons. The molecular weight excluding hydrogens is 372 g/mol. The topological polar surface area (TPSA) is 87.7 Å². The van der Waals surface area contributed by atoms with Crippen molar-refractivity contribution in [2.24, 2.45) is 7.05 Å². The van der Waals surface area contributed by atoms with Crippen LogP contribution in [0.2, 0.25) is 0 Å². The van der Waals surface area contributed by atoms with Gasteiger partial charge in [0.15, 0.2) is 12.4 Å². The number of aromatic nitrogens is 4. The molecule has 0 saturated heterocycles. The van der Waals surface area contributed by atoms with Crippen molar-refractivity contribution in [3.63, 3.8) is 0 Å². The van der Waals surface area contributed by atoms with Crippen molar-refractivity contribution >= 4 is 22.6 Å². The van der Waals surface area contributed by atoms with Crippen LogP contribution in [-0.4, -0.2) is 31.7 Å². The van der Waals surface area contributed by atoms with Crippen LogP contribution >= 0.6 is 0 Å². The molecule has 4 aromatic rings. The standard InChI is InChI=1S/C21H20N4O4/c1-14-7-3-6-10-17(14)28-12-11-19(26)29-13-18-22-23-21-24(2)20(27)15-8-4-5-9-16(15)25(18)21/h3-10H,11-13H2,1-2H3. The SMILES string of the molecule is Cc1ccccc1OCCC(=O)OCc1nnc2n(C)c(=O)c3ccccc3n12. The van der Waals surface area contributed by atoms with E-state index in [9.17, 15) is 9.59 Å². The van der Waals surface area contributed by atoms with E-state index in [0.717, 1.165) is 11.3 Å². The van der Waals surface area contributed by atoms with Crippen LogP contribution in [0.5, 0.6) is 5.75 Å². The summed E-state index contributed by atoms with van der Waals surface area (Å²) in [6.45, 7) is 2.12. The highest BCUT2D eigenvalue weighted by atomic mass is 16.5. The van der Waals surface area contributed by atoms with Gasteiger partial charge in [-0.25, -0.2) is 0 Å². The summed E-state index contributed by atoms with van der Waals surface area (Å²) in [5.41, 5.74) is 1.52. The summed E-state index contributed by atoms with van der Waals surface area (Å²) in [4.78, 5) is 24.6. The summed E-state index contributed by atoms with van der Waals surface area (Å²) in [7, 11) is 1.64. The van der Waals surface area contributed by atoms with Crippen LogP contribution in [0, 0.1) is 6.92 Å².